The van der Waals surface area contributed by atoms with Gasteiger partial charge in [0.2, 0.25) is 5.91 Å². The minimum Gasteiger partial charge on any atom is -0.508 e. The molecular weight excluding hydrogens is 564 g/mol. The number of aliphatic hydroxyl groups excluding tert-OH is 1. The number of carbonyl (C=O) groups is 3. The number of benzene rings is 1. The third kappa shape index (κ3) is 4.49. The van der Waals surface area contributed by atoms with Crippen LogP contribution in [0.25, 0.3) is 0 Å². The molecule has 0 saturated heterocycles. The molecule has 2 saturated carbocycles. The maximum atomic E-state index is 13.5. The minimum absolute atomic E-state index is 0.0519. The van der Waals surface area contributed by atoms with Crippen molar-refractivity contribution >= 4 is 17.8 Å². The maximum Gasteiger partial charge on any atom is 0.326 e. The second kappa shape index (κ2) is 10.5. The van der Waals surface area contributed by atoms with Gasteiger partial charge in [-0.15, -0.1) is 0 Å². The van der Waals surface area contributed by atoms with Crippen molar-refractivity contribution in [1.29, 1.82) is 0 Å². The number of phenols is 1. The Bertz CT molecular complexity index is 1520. The number of aliphatic hydroxyl groups is 1. The Labute approximate surface area is 257 Å². The first kappa shape index (κ1) is 30.4. The first-order valence-electron chi connectivity index (χ1n) is 15.7. The zero-order chi connectivity index (χ0) is 31.8. The summed E-state index contributed by atoms with van der Waals surface area (Å²) in [7, 11) is 1.76. The molecule has 0 unspecified atom stereocenters. The molecule has 4 aliphatic rings. The summed E-state index contributed by atoms with van der Waals surface area (Å²) in [4.78, 5) is 43.7. The molecule has 2 amide bonds. The molecule has 2 aromatic rings. The molecule has 238 valence electrons. The van der Waals surface area contributed by atoms with Crippen LogP contribution in [0.2, 0.25) is 0 Å². The lowest BCUT2D eigenvalue weighted by Gasteiger charge is -2.64. The summed E-state index contributed by atoms with van der Waals surface area (Å²) in [6.45, 7) is 9.17. The molecule has 1 spiro atoms. The second-order valence-corrected chi connectivity index (χ2v) is 14.4. The van der Waals surface area contributed by atoms with Gasteiger partial charge in [-0.3, -0.25) is 9.59 Å². The van der Waals surface area contributed by atoms with Crippen LogP contribution in [0.1, 0.15) is 87.0 Å². The smallest absolute Gasteiger partial charge is 0.326 e. The average Bonchev–Trinajstić information content (AvgIpc) is 3.65. The van der Waals surface area contributed by atoms with Crippen molar-refractivity contribution in [2.24, 2.45) is 29.7 Å². The Hall–Kier alpha value is -3.60. The average molecular weight is 609 g/mol. The van der Waals surface area contributed by atoms with E-state index in [1.807, 2.05) is 0 Å². The summed E-state index contributed by atoms with van der Waals surface area (Å²) >= 11 is 0. The quantitative estimate of drug-likeness (QED) is 0.374. The maximum absolute atomic E-state index is 13.5. The number of nitrogens with zero attached hydrogens (tertiary/aromatic N) is 3. The van der Waals surface area contributed by atoms with Crippen molar-refractivity contribution in [3.63, 3.8) is 0 Å². The zero-order valence-corrected chi connectivity index (χ0v) is 26.2. The van der Waals surface area contributed by atoms with Crippen molar-refractivity contribution in [3.8, 4) is 11.5 Å². The fraction of sp³-hybridized carbons (Fsp3) is 0.636. The number of nitrogens with one attached hydrogen (secondary N) is 1. The van der Waals surface area contributed by atoms with Crippen LogP contribution >= 0.6 is 0 Å². The van der Waals surface area contributed by atoms with Crippen molar-refractivity contribution in [2.75, 3.05) is 6.54 Å². The Morgan fingerprint density at radius 1 is 1.20 bits per heavy atom. The van der Waals surface area contributed by atoms with Crippen LogP contribution in [-0.2, 0) is 36.0 Å². The molecule has 1 aromatic heterocycles. The molecular formula is C33H44N4O7. The molecule has 44 heavy (non-hydrogen) atoms. The number of rotatable bonds is 7. The highest BCUT2D eigenvalue weighted by Gasteiger charge is 2.67. The van der Waals surface area contributed by atoms with Crippen molar-refractivity contribution < 1.29 is 34.4 Å². The number of amides is 2. The van der Waals surface area contributed by atoms with Gasteiger partial charge in [0.25, 0.3) is 5.91 Å². The molecule has 4 N–H and O–H groups in total. The van der Waals surface area contributed by atoms with Gasteiger partial charge < -0.3 is 34.8 Å². The van der Waals surface area contributed by atoms with Crippen LogP contribution in [0.5, 0.6) is 11.5 Å². The van der Waals surface area contributed by atoms with E-state index in [1.54, 1.807) is 29.0 Å². The lowest BCUT2D eigenvalue weighted by Crippen LogP contribution is -2.66. The van der Waals surface area contributed by atoms with E-state index in [9.17, 15) is 29.7 Å². The Morgan fingerprint density at radius 3 is 2.64 bits per heavy atom. The van der Waals surface area contributed by atoms with E-state index < -0.39 is 23.5 Å². The summed E-state index contributed by atoms with van der Waals surface area (Å²) in [5, 5.41) is 34.4. The van der Waals surface area contributed by atoms with Crippen LogP contribution in [0.3, 0.4) is 0 Å². The fourth-order valence-corrected chi connectivity index (χ4v) is 9.00. The summed E-state index contributed by atoms with van der Waals surface area (Å²) in [5.74, 6) is -0.820. The molecule has 0 bridgehead atoms. The number of ether oxygens (including phenoxy) is 1. The molecule has 2 fully saturated rings. The highest BCUT2D eigenvalue weighted by Crippen LogP contribution is 2.67. The molecule has 2 aliphatic carbocycles. The number of carboxylic acid groups (broad SMARTS) is 1. The zero-order valence-electron chi connectivity index (χ0n) is 26.2. The lowest BCUT2D eigenvalue weighted by atomic mass is 9.43. The number of aromatic hydroxyl groups is 1. The highest BCUT2D eigenvalue weighted by molar-refractivity contribution is 6.00. The summed E-state index contributed by atoms with van der Waals surface area (Å²) in [5.41, 5.74) is 1.44. The first-order chi connectivity index (χ1) is 20.7. The molecule has 6 rings (SSSR count). The topological polar surface area (TPSA) is 154 Å². The third-order valence-electron chi connectivity index (χ3n) is 11.7. The van der Waals surface area contributed by atoms with Gasteiger partial charge in [0.05, 0.1) is 24.5 Å². The summed E-state index contributed by atoms with van der Waals surface area (Å²) < 4.78 is 8.76. The Morgan fingerprint density at radius 2 is 1.95 bits per heavy atom. The minimum atomic E-state index is -1.15. The monoisotopic (exact) mass is 608 g/mol. The molecule has 11 heteroatoms. The Kier molecular flexibility index (Phi) is 7.26. The number of hydrogen-bond acceptors (Lipinski definition) is 7. The Balaban J connectivity index is 1.20. The predicted molar refractivity (Wildman–Crippen MR) is 160 cm³/mol. The van der Waals surface area contributed by atoms with Crippen molar-refractivity contribution in [1.82, 2.24) is 19.8 Å². The van der Waals surface area contributed by atoms with Gasteiger partial charge in [0.15, 0.2) is 0 Å². The van der Waals surface area contributed by atoms with E-state index in [-0.39, 0.29) is 66.4 Å². The van der Waals surface area contributed by atoms with E-state index >= 15 is 0 Å². The molecule has 2 aliphatic heterocycles. The molecule has 1 aromatic carbocycles. The van der Waals surface area contributed by atoms with E-state index in [1.165, 1.54) is 6.07 Å². The van der Waals surface area contributed by atoms with Crippen LogP contribution in [-0.4, -0.2) is 71.8 Å². The number of fused-ring (bicyclic) bond motifs is 5. The van der Waals surface area contributed by atoms with Crippen LogP contribution in [0, 0.1) is 22.7 Å². The van der Waals surface area contributed by atoms with Gasteiger partial charge in [-0.05, 0) is 49.0 Å². The second-order valence-electron chi connectivity index (χ2n) is 14.4. The van der Waals surface area contributed by atoms with Gasteiger partial charge in [-0.1, -0.05) is 27.7 Å². The number of aliphatic carboxylic acids is 1. The van der Waals surface area contributed by atoms with Gasteiger partial charge in [-0.25, -0.2) is 9.78 Å². The van der Waals surface area contributed by atoms with Crippen LogP contribution < -0.4 is 10.1 Å². The largest absolute Gasteiger partial charge is 0.508 e. The SMILES string of the molecule is C[C@@H]1CC[C@H]2C(C)(C)[C@H](O)CC[C@]2(C)[C@@]12Cc1c(O)cc3c(c1O2)CN(CCC(=O)N[C@@H](Cc1cncn1C)C(=O)O)C3=O. The number of carboxylic acids is 1. The van der Waals surface area contributed by atoms with Crippen molar-refractivity contribution in [2.45, 2.75) is 96.9 Å². The molecule has 6 atom stereocenters. The molecule has 11 nitrogen and oxygen atoms in total. The van der Waals surface area contributed by atoms with Crippen LogP contribution in [0.15, 0.2) is 18.6 Å². The predicted octanol–water partition coefficient (Wildman–Crippen LogP) is 3.19. The number of imidazole rings is 1. The summed E-state index contributed by atoms with van der Waals surface area (Å²) in [6, 6.07) is 0.414. The number of aromatic nitrogens is 2. The van der Waals surface area contributed by atoms with E-state index in [2.05, 4.69) is 38.0 Å². The standard InChI is InChI=1S/C33H44N4O7/c1-18-6-7-25-31(2,3)26(39)8-10-32(25,4)33(18)14-21-24(38)13-20-22(28(21)44-33)16-37(29(20)41)11-9-27(40)35-23(30(42)43)12-19-15-34-17-36(19)5/h13,15,17-18,23,25-26,38-39H,6-12,14,16H2,1-5H3,(H,35,40)(H,42,43)/t18-,23+,25+,26-,32+,33-/m1/s1. The van der Waals surface area contributed by atoms with E-state index in [0.717, 1.165) is 30.4 Å². The highest BCUT2D eigenvalue weighted by atomic mass is 16.5. The van der Waals surface area contributed by atoms with Gasteiger partial charge in [0.1, 0.15) is 23.1 Å². The number of carbonyl (C=O) groups excluding carboxylic acids is 2. The lowest BCUT2D eigenvalue weighted by molar-refractivity contribution is -0.210. The van der Waals surface area contributed by atoms with Gasteiger partial charge in [-0.2, -0.15) is 0 Å². The first-order valence-corrected chi connectivity index (χ1v) is 15.7. The van der Waals surface area contributed by atoms with E-state index in [4.69, 9.17) is 4.74 Å². The normalized spacial score (nSPS) is 30.8. The summed E-state index contributed by atoms with van der Waals surface area (Å²) in [6.07, 6.45) is 6.79. The van der Waals surface area contributed by atoms with Gasteiger partial charge in [0, 0.05) is 61.3 Å². The third-order valence-corrected chi connectivity index (χ3v) is 11.7. The fourth-order valence-electron chi connectivity index (χ4n) is 9.00. The van der Waals surface area contributed by atoms with Crippen LogP contribution in [0.4, 0.5) is 0 Å². The number of phenolic OH excluding ortho intramolecular Hbond substituents is 1. The molecule has 3 heterocycles. The number of hydrogen-bond donors (Lipinski definition) is 4. The van der Waals surface area contributed by atoms with Crippen molar-refractivity contribution in [3.05, 3.63) is 41.0 Å². The van der Waals surface area contributed by atoms with Gasteiger partial charge >= 0.3 is 5.97 Å². The number of aryl methyl sites for hydroxylation is 1. The molecule has 0 radical (unpaired) electrons. The van der Waals surface area contributed by atoms with E-state index in [0.29, 0.717) is 29.8 Å².